The Bertz CT molecular complexity index is 507. The predicted octanol–water partition coefficient (Wildman–Crippen LogP) is 1.07. The maximum atomic E-state index is 13.2. The van der Waals surface area contributed by atoms with Crippen LogP contribution in [-0.2, 0) is 4.79 Å². The summed E-state index contributed by atoms with van der Waals surface area (Å²) in [6.07, 6.45) is 0.886. The third-order valence-corrected chi connectivity index (χ3v) is 3.44. The normalized spacial score (nSPS) is 18.8. The summed E-state index contributed by atoms with van der Waals surface area (Å²) in [4.78, 5) is 24.6. The van der Waals surface area contributed by atoms with Gasteiger partial charge in [0.15, 0.2) is 0 Å². The fraction of sp³-hybridized carbons (Fsp3) is 0.429. The number of urea groups is 1. The number of amides is 3. The molecule has 0 radical (unpaired) electrons. The number of rotatable bonds is 3. The van der Waals surface area contributed by atoms with Crippen LogP contribution in [0, 0.1) is 5.82 Å². The molecule has 1 heterocycles. The van der Waals surface area contributed by atoms with Crippen molar-refractivity contribution in [2.24, 2.45) is 0 Å². The van der Waals surface area contributed by atoms with Gasteiger partial charge in [-0.25, -0.2) is 9.18 Å². The largest absolute Gasteiger partial charge is 0.341 e. The minimum absolute atomic E-state index is 0.180. The molecule has 108 valence electrons. The van der Waals surface area contributed by atoms with Crippen molar-refractivity contribution in [2.45, 2.75) is 12.3 Å². The topological polar surface area (TPSA) is 61.4 Å². The molecule has 5 nitrogen and oxygen atoms in total. The van der Waals surface area contributed by atoms with Crippen molar-refractivity contribution in [2.75, 3.05) is 26.7 Å². The molecule has 0 saturated carbocycles. The highest BCUT2D eigenvalue weighted by Crippen LogP contribution is 2.27. The summed E-state index contributed by atoms with van der Waals surface area (Å²) in [6.45, 7) is 1.65. The molecular formula is C14H18FN3O2. The number of nitrogens with zero attached hydrogens (tertiary/aromatic N) is 1. The quantitative estimate of drug-likeness (QED) is 0.870. The first kappa shape index (κ1) is 14.5. The van der Waals surface area contributed by atoms with Crippen molar-refractivity contribution in [1.82, 2.24) is 15.5 Å². The minimum atomic E-state index is -0.504. The Morgan fingerprint density at radius 3 is 2.95 bits per heavy atom. The van der Waals surface area contributed by atoms with Gasteiger partial charge in [0.05, 0.1) is 6.54 Å². The molecule has 1 saturated heterocycles. The second-order valence-corrected chi connectivity index (χ2v) is 4.90. The molecule has 6 heteroatoms. The summed E-state index contributed by atoms with van der Waals surface area (Å²) in [5, 5.41) is 4.56. The van der Waals surface area contributed by atoms with Gasteiger partial charge in [-0.1, -0.05) is 12.1 Å². The summed E-state index contributed by atoms with van der Waals surface area (Å²) < 4.78 is 13.2. The van der Waals surface area contributed by atoms with Gasteiger partial charge in [0.1, 0.15) is 5.82 Å². The maximum Gasteiger partial charge on any atom is 0.321 e. The number of benzene rings is 1. The van der Waals surface area contributed by atoms with Crippen molar-refractivity contribution in [3.63, 3.8) is 0 Å². The lowest BCUT2D eigenvalue weighted by atomic mass is 9.98. The van der Waals surface area contributed by atoms with Crippen LogP contribution in [0.2, 0.25) is 0 Å². The standard InChI is InChI=1S/C14H18FN3O2/c1-16-14(20)17-13(19)9-18-6-5-11(8-18)10-3-2-4-12(15)7-10/h2-4,7,11H,5-6,8-9H2,1H3,(H2,16,17,19,20). The average molecular weight is 279 g/mol. The Hall–Kier alpha value is -1.95. The van der Waals surface area contributed by atoms with Crippen LogP contribution in [0.3, 0.4) is 0 Å². The molecule has 1 aliphatic heterocycles. The van der Waals surface area contributed by atoms with Gasteiger partial charge >= 0.3 is 6.03 Å². The van der Waals surface area contributed by atoms with Crippen LogP contribution >= 0.6 is 0 Å². The van der Waals surface area contributed by atoms with Gasteiger partial charge in [-0.2, -0.15) is 0 Å². The van der Waals surface area contributed by atoms with Gasteiger partial charge in [-0.05, 0) is 36.6 Å². The summed E-state index contributed by atoms with van der Waals surface area (Å²) in [7, 11) is 1.46. The fourth-order valence-electron chi connectivity index (χ4n) is 2.44. The molecule has 0 bridgehead atoms. The number of nitrogens with one attached hydrogen (secondary N) is 2. The molecule has 2 N–H and O–H groups in total. The van der Waals surface area contributed by atoms with Gasteiger partial charge in [0, 0.05) is 13.6 Å². The Balaban J connectivity index is 1.86. The molecule has 0 aliphatic carbocycles. The molecule has 0 aromatic heterocycles. The highest BCUT2D eigenvalue weighted by molar-refractivity contribution is 5.95. The highest BCUT2D eigenvalue weighted by Gasteiger charge is 2.25. The molecule has 1 unspecified atom stereocenters. The van der Waals surface area contributed by atoms with Crippen molar-refractivity contribution in [1.29, 1.82) is 0 Å². The summed E-state index contributed by atoms with van der Waals surface area (Å²) in [5.74, 6) is -0.332. The molecule has 3 amide bonds. The van der Waals surface area contributed by atoms with Crippen LogP contribution < -0.4 is 10.6 Å². The van der Waals surface area contributed by atoms with Crippen LogP contribution in [0.1, 0.15) is 17.9 Å². The predicted molar refractivity (Wildman–Crippen MR) is 72.8 cm³/mol. The van der Waals surface area contributed by atoms with Crippen molar-refractivity contribution in [3.05, 3.63) is 35.6 Å². The van der Waals surface area contributed by atoms with Gasteiger partial charge < -0.3 is 5.32 Å². The summed E-state index contributed by atoms with van der Waals surface area (Å²) in [5.41, 5.74) is 0.958. The molecule has 1 aromatic carbocycles. The zero-order valence-electron chi connectivity index (χ0n) is 11.4. The zero-order chi connectivity index (χ0) is 14.5. The number of carbonyl (C=O) groups is 2. The van der Waals surface area contributed by atoms with Gasteiger partial charge in [-0.3, -0.25) is 15.0 Å². The number of likely N-dealkylation sites (tertiary alicyclic amines) is 1. The van der Waals surface area contributed by atoms with E-state index >= 15 is 0 Å². The minimum Gasteiger partial charge on any atom is -0.341 e. The first-order chi connectivity index (χ1) is 9.58. The highest BCUT2D eigenvalue weighted by atomic mass is 19.1. The third-order valence-electron chi connectivity index (χ3n) is 3.44. The molecule has 1 fully saturated rings. The Morgan fingerprint density at radius 1 is 1.45 bits per heavy atom. The Kier molecular flexibility index (Phi) is 4.68. The van der Waals surface area contributed by atoms with Crippen molar-refractivity contribution >= 4 is 11.9 Å². The molecular weight excluding hydrogens is 261 g/mol. The van der Waals surface area contributed by atoms with Crippen LogP contribution in [0.4, 0.5) is 9.18 Å². The molecule has 1 aromatic rings. The Morgan fingerprint density at radius 2 is 2.25 bits per heavy atom. The van der Waals surface area contributed by atoms with Crippen LogP contribution in [0.5, 0.6) is 0 Å². The number of halogens is 1. The van der Waals surface area contributed by atoms with Gasteiger partial charge in [-0.15, -0.1) is 0 Å². The van der Waals surface area contributed by atoms with E-state index in [-0.39, 0.29) is 24.2 Å². The lowest BCUT2D eigenvalue weighted by Gasteiger charge is -2.15. The second-order valence-electron chi connectivity index (χ2n) is 4.90. The van der Waals surface area contributed by atoms with E-state index in [9.17, 15) is 14.0 Å². The number of hydrogen-bond donors (Lipinski definition) is 2. The third kappa shape index (κ3) is 3.77. The maximum absolute atomic E-state index is 13.2. The monoisotopic (exact) mass is 279 g/mol. The molecule has 0 spiro atoms. The number of hydrogen-bond acceptors (Lipinski definition) is 3. The van der Waals surface area contributed by atoms with Crippen molar-refractivity contribution < 1.29 is 14.0 Å². The van der Waals surface area contributed by atoms with Crippen LogP contribution in [0.25, 0.3) is 0 Å². The van der Waals surface area contributed by atoms with E-state index in [4.69, 9.17) is 0 Å². The van der Waals surface area contributed by atoms with E-state index in [1.54, 1.807) is 12.1 Å². The summed E-state index contributed by atoms with van der Waals surface area (Å²) in [6, 6.07) is 6.06. The number of carbonyl (C=O) groups excluding carboxylic acids is 2. The van der Waals surface area contributed by atoms with E-state index in [2.05, 4.69) is 10.6 Å². The molecule has 2 rings (SSSR count). The van der Waals surface area contributed by atoms with Crippen LogP contribution in [-0.4, -0.2) is 43.5 Å². The molecule has 20 heavy (non-hydrogen) atoms. The zero-order valence-corrected chi connectivity index (χ0v) is 11.4. The van der Waals surface area contributed by atoms with Crippen molar-refractivity contribution in [3.8, 4) is 0 Å². The van der Waals surface area contributed by atoms with E-state index in [1.165, 1.54) is 13.1 Å². The van der Waals surface area contributed by atoms with E-state index in [1.807, 2.05) is 11.0 Å². The SMILES string of the molecule is CNC(=O)NC(=O)CN1CCC(c2cccc(F)c2)C1. The first-order valence-corrected chi connectivity index (χ1v) is 6.58. The smallest absolute Gasteiger partial charge is 0.321 e. The van der Waals surface area contributed by atoms with Gasteiger partial charge in [0.2, 0.25) is 5.91 Å². The summed E-state index contributed by atoms with van der Waals surface area (Å²) >= 11 is 0. The number of imide groups is 1. The second kappa shape index (κ2) is 6.47. The van der Waals surface area contributed by atoms with E-state index < -0.39 is 6.03 Å². The van der Waals surface area contributed by atoms with E-state index in [0.29, 0.717) is 6.54 Å². The fourth-order valence-corrected chi connectivity index (χ4v) is 2.44. The average Bonchev–Trinajstić information content (AvgIpc) is 2.87. The molecule has 1 aliphatic rings. The molecule has 1 atom stereocenters. The van der Waals surface area contributed by atoms with Gasteiger partial charge in [0.25, 0.3) is 0 Å². The Labute approximate surface area is 117 Å². The van der Waals surface area contributed by atoms with E-state index in [0.717, 1.165) is 18.5 Å². The van der Waals surface area contributed by atoms with Crippen LogP contribution in [0.15, 0.2) is 24.3 Å². The first-order valence-electron chi connectivity index (χ1n) is 6.58. The lowest BCUT2D eigenvalue weighted by molar-refractivity contribution is -0.120. The lowest BCUT2D eigenvalue weighted by Crippen LogP contribution is -2.42.